The number of thiazole rings is 1. The minimum atomic E-state index is -3.62. The number of aryl methyl sites for hydroxylation is 1. The van der Waals surface area contributed by atoms with Gasteiger partial charge in [0.05, 0.1) is 12.8 Å². The zero-order chi connectivity index (χ0) is 10.9. The van der Waals surface area contributed by atoms with Crippen LogP contribution in [-0.2, 0) is 14.9 Å². The Bertz CT molecular complexity index is 428. The van der Waals surface area contributed by atoms with E-state index in [0.29, 0.717) is 5.69 Å². The number of sulfonamides is 1. The van der Waals surface area contributed by atoms with Gasteiger partial charge in [0.1, 0.15) is 0 Å². The highest BCUT2D eigenvalue weighted by Crippen LogP contribution is 2.28. The second-order valence-corrected chi connectivity index (χ2v) is 6.15. The van der Waals surface area contributed by atoms with Gasteiger partial charge in [-0.05, 0) is 6.92 Å². The Hall–Kier alpha value is -0.210. The van der Waals surface area contributed by atoms with Gasteiger partial charge in [-0.1, -0.05) is 27.4 Å². The van der Waals surface area contributed by atoms with E-state index >= 15 is 0 Å². The van der Waals surface area contributed by atoms with E-state index in [2.05, 4.69) is 9.82 Å². The van der Waals surface area contributed by atoms with E-state index < -0.39 is 10.0 Å². The Balaban J connectivity index is 3.23. The molecule has 1 aromatic heterocycles. The van der Waals surface area contributed by atoms with Crippen LogP contribution in [-0.4, -0.2) is 32.0 Å². The van der Waals surface area contributed by atoms with Gasteiger partial charge in [-0.15, -0.1) is 0 Å². The summed E-state index contributed by atoms with van der Waals surface area (Å²) in [6.45, 7) is 1.58. The molecule has 0 aliphatic rings. The monoisotopic (exact) mass is 256 g/mol. The Labute approximate surface area is 91.3 Å². The Morgan fingerprint density at radius 3 is 2.50 bits per heavy atom. The quantitative estimate of drug-likeness (QED) is 0.765. The Morgan fingerprint density at radius 2 is 2.14 bits per heavy atom. The normalized spacial score (nSPS) is 12.4. The Kier molecular flexibility index (Phi) is 3.49. The van der Waals surface area contributed by atoms with E-state index in [-0.39, 0.29) is 8.68 Å². The molecule has 0 atom stereocenters. The summed E-state index contributed by atoms with van der Waals surface area (Å²) < 4.78 is 24.5. The first kappa shape index (κ1) is 11.9. The highest BCUT2D eigenvalue weighted by atomic mass is 35.5. The van der Waals surface area contributed by atoms with Gasteiger partial charge in [0.2, 0.25) is 0 Å². The van der Waals surface area contributed by atoms with Crippen molar-refractivity contribution in [3.63, 3.8) is 0 Å². The van der Waals surface area contributed by atoms with Gasteiger partial charge >= 0.3 is 0 Å². The van der Waals surface area contributed by atoms with E-state index in [9.17, 15) is 8.42 Å². The fraction of sp³-hybridized carbons (Fsp3) is 0.500. The molecule has 80 valence electrons. The Morgan fingerprint density at radius 1 is 1.57 bits per heavy atom. The summed E-state index contributed by atoms with van der Waals surface area (Å²) in [7, 11) is -1.03. The number of aromatic nitrogens is 1. The maximum absolute atomic E-state index is 11.7. The lowest BCUT2D eigenvalue weighted by atomic mass is 10.6. The second kappa shape index (κ2) is 4.11. The number of halogens is 1. The number of rotatable bonds is 3. The predicted molar refractivity (Wildman–Crippen MR) is 53.8 cm³/mol. The zero-order valence-electron chi connectivity index (χ0n) is 7.81. The van der Waals surface area contributed by atoms with Gasteiger partial charge < -0.3 is 0 Å². The van der Waals surface area contributed by atoms with Gasteiger partial charge in [-0.3, -0.25) is 4.84 Å². The molecule has 1 heterocycles. The third kappa shape index (κ3) is 2.06. The summed E-state index contributed by atoms with van der Waals surface area (Å²) in [4.78, 5) is 8.43. The van der Waals surface area contributed by atoms with Crippen molar-refractivity contribution < 1.29 is 13.3 Å². The lowest BCUT2D eigenvalue weighted by Gasteiger charge is -2.12. The molecular weight excluding hydrogens is 248 g/mol. The van der Waals surface area contributed by atoms with Crippen LogP contribution < -0.4 is 0 Å². The molecule has 0 amide bonds. The largest absolute Gasteiger partial charge is 0.288 e. The molecule has 1 aromatic rings. The molecule has 0 bridgehead atoms. The standard InChI is InChI=1S/C6H9ClN2O3S2/c1-4-5(13-6(7)8-4)14(10,11)9(2)12-3/h1-3H3. The molecule has 0 saturated carbocycles. The molecule has 0 fully saturated rings. The molecule has 1 rings (SSSR count). The van der Waals surface area contributed by atoms with Crippen molar-refractivity contribution in [3.05, 3.63) is 10.2 Å². The molecule has 0 saturated heterocycles. The minimum Gasteiger partial charge on any atom is -0.288 e. The summed E-state index contributed by atoms with van der Waals surface area (Å²) in [6, 6.07) is 0. The van der Waals surface area contributed by atoms with E-state index in [1.165, 1.54) is 14.2 Å². The first-order chi connectivity index (χ1) is 6.39. The average molecular weight is 257 g/mol. The van der Waals surface area contributed by atoms with Crippen LogP contribution in [0.1, 0.15) is 5.69 Å². The third-order valence-corrected chi connectivity index (χ3v) is 5.09. The predicted octanol–water partition coefficient (Wildman–Crippen LogP) is 1.29. The fourth-order valence-corrected chi connectivity index (χ4v) is 3.65. The van der Waals surface area contributed by atoms with Crippen molar-refractivity contribution in [3.8, 4) is 0 Å². The summed E-state index contributed by atoms with van der Waals surface area (Å²) in [6.07, 6.45) is 0. The van der Waals surface area contributed by atoms with Crippen LogP contribution in [0.25, 0.3) is 0 Å². The summed E-state index contributed by atoms with van der Waals surface area (Å²) in [5.41, 5.74) is 0.379. The van der Waals surface area contributed by atoms with E-state index in [1.54, 1.807) is 6.92 Å². The minimum absolute atomic E-state index is 0.104. The van der Waals surface area contributed by atoms with Gasteiger partial charge in [0.25, 0.3) is 10.0 Å². The van der Waals surface area contributed by atoms with Crippen LogP contribution in [0.5, 0.6) is 0 Å². The molecular formula is C6H9ClN2O3S2. The van der Waals surface area contributed by atoms with Crippen molar-refractivity contribution in [2.75, 3.05) is 14.2 Å². The molecule has 0 radical (unpaired) electrons. The van der Waals surface area contributed by atoms with Gasteiger partial charge in [0, 0.05) is 7.05 Å². The van der Waals surface area contributed by atoms with Crippen molar-refractivity contribution >= 4 is 33.0 Å². The average Bonchev–Trinajstić information content (AvgIpc) is 2.44. The van der Waals surface area contributed by atoms with E-state index in [1.807, 2.05) is 0 Å². The van der Waals surface area contributed by atoms with Crippen LogP contribution in [0, 0.1) is 6.92 Å². The number of hydroxylamine groups is 1. The molecule has 0 aromatic carbocycles. The number of hydrogen-bond donors (Lipinski definition) is 0. The molecule has 0 aliphatic heterocycles. The van der Waals surface area contributed by atoms with Gasteiger partial charge in [0.15, 0.2) is 8.68 Å². The highest BCUT2D eigenvalue weighted by molar-refractivity contribution is 7.91. The summed E-state index contributed by atoms with van der Waals surface area (Å²) >= 11 is 6.51. The lowest BCUT2D eigenvalue weighted by molar-refractivity contribution is -0.0257. The first-order valence-corrected chi connectivity index (χ1v) is 6.19. The molecule has 5 nitrogen and oxygen atoms in total. The molecule has 0 unspecified atom stereocenters. The van der Waals surface area contributed by atoms with Gasteiger partial charge in [-0.25, -0.2) is 13.4 Å². The molecule has 8 heteroatoms. The topological polar surface area (TPSA) is 59.5 Å². The summed E-state index contributed by atoms with van der Waals surface area (Å²) in [5, 5.41) is 0. The summed E-state index contributed by atoms with van der Waals surface area (Å²) in [5.74, 6) is 0. The van der Waals surface area contributed by atoms with Crippen LogP contribution in [0.15, 0.2) is 4.21 Å². The smallest absolute Gasteiger partial charge is 0.276 e. The number of nitrogens with zero attached hydrogens (tertiary/aromatic N) is 2. The highest BCUT2D eigenvalue weighted by Gasteiger charge is 2.26. The van der Waals surface area contributed by atoms with Crippen LogP contribution >= 0.6 is 22.9 Å². The van der Waals surface area contributed by atoms with Crippen LogP contribution in [0.3, 0.4) is 0 Å². The lowest BCUT2D eigenvalue weighted by Crippen LogP contribution is -2.25. The maximum atomic E-state index is 11.7. The SMILES string of the molecule is CON(C)S(=O)(=O)c1sc(Cl)nc1C. The third-order valence-electron chi connectivity index (χ3n) is 1.56. The van der Waals surface area contributed by atoms with Crippen LogP contribution in [0.4, 0.5) is 0 Å². The van der Waals surface area contributed by atoms with Crippen molar-refractivity contribution in [2.45, 2.75) is 11.1 Å². The molecule has 0 spiro atoms. The maximum Gasteiger partial charge on any atom is 0.276 e. The van der Waals surface area contributed by atoms with Crippen molar-refractivity contribution in [2.24, 2.45) is 0 Å². The van der Waals surface area contributed by atoms with Crippen LogP contribution in [0.2, 0.25) is 4.47 Å². The van der Waals surface area contributed by atoms with Gasteiger partial charge in [-0.2, -0.15) is 0 Å². The second-order valence-electron chi connectivity index (χ2n) is 2.44. The van der Waals surface area contributed by atoms with Crippen molar-refractivity contribution in [1.29, 1.82) is 0 Å². The van der Waals surface area contributed by atoms with E-state index in [0.717, 1.165) is 15.8 Å². The fourth-order valence-electron chi connectivity index (χ4n) is 0.805. The molecule has 14 heavy (non-hydrogen) atoms. The first-order valence-electron chi connectivity index (χ1n) is 3.55. The van der Waals surface area contributed by atoms with Crippen molar-refractivity contribution in [1.82, 2.24) is 9.45 Å². The van der Waals surface area contributed by atoms with E-state index in [4.69, 9.17) is 11.6 Å². The molecule has 0 N–H and O–H groups in total. The molecule has 0 aliphatic carbocycles. The zero-order valence-corrected chi connectivity index (χ0v) is 10.2. The number of hydrogen-bond acceptors (Lipinski definition) is 5.